The fourth-order valence-corrected chi connectivity index (χ4v) is 2.95. The lowest BCUT2D eigenvalue weighted by Crippen LogP contribution is -2.26. The molecule has 0 spiro atoms. The predicted molar refractivity (Wildman–Crippen MR) is 106 cm³/mol. The van der Waals surface area contributed by atoms with Crippen molar-refractivity contribution in [2.24, 2.45) is 0 Å². The first-order chi connectivity index (χ1) is 14.7. The zero-order chi connectivity index (χ0) is 22.6. The fourth-order valence-electron chi connectivity index (χ4n) is 2.95. The minimum atomic E-state index is -4.43. The Balaban J connectivity index is 1.82. The Hall–Kier alpha value is -3.21. The van der Waals surface area contributed by atoms with Gasteiger partial charge in [-0.1, -0.05) is 0 Å². The zero-order valence-electron chi connectivity index (χ0n) is 17.0. The van der Waals surface area contributed by atoms with Crippen LogP contribution in [0.25, 0.3) is 10.9 Å². The number of nitrogens with zero attached hydrogens (tertiary/aromatic N) is 4. The van der Waals surface area contributed by atoms with Crippen molar-refractivity contribution in [2.75, 3.05) is 19.8 Å². The standard InChI is InChI=1S/C20H22F3N5O3/c1-12-8-16(26-9-17(12)31-11-20(21,22)23)13(2)28-10-14-15(27-28)4-6-24-18(14)19(30)25-5-3-7-29/h4,6,8-10,13,29H,3,5,7,11H2,1-2H3,(H,25,30). The van der Waals surface area contributed by atoms with E-state index >= 15 is 0 Å². The van der Waals surface area contributed by atoms with E-state index in [4.69, 9.17) is 9.84 Å². The monoisotopic (exact) mass is 437 g/mol. The quantitative estimate of drug-likeness (QED) is 0.526. The summed E-state index contributed by atoms with van der Waals surface area (Å²) in [5, 5.41) is 16.6. The van der Waals surface area contributed by atoms with Crippen LogP contribution in [-0.2, 0) is 0 Å². The van der Waals surface area contributed by atoms with Crippen LogP contribution in [0.2, 0.25) is 0 Å². The summed E-state index contributed by atoms with van der Waals surface area (Å²) in [7, 11) is 0. The molecule has 0 aromatic carbocycles. The van der Waals surface area contributed by atoms with Crippen molar-refractivity contribution in [3.05, 3.63) is 47.7 Å². The second-order valence-corrected chi connectivity index (χ2v) is 6.99. The van der Waals surface area contributed by atoms with Gasteiger partial charge >= 0.3 is 6.18 Å². The number of pyridine rings is 2. The van der Waals surface area contributed by atoms with Crippen molar-refractivity contribution in [1.82, 2.24) is 25.1 Å². The van der Waals surface area contributed by atoms with E-state index in [0.717, 1.165) is 0 Å². The first kappa shape index (κ1) is 22.5. The van der Waals surface area contributed by atoms with Crippen molar-refractivity contribution in [1.29, 1.82) is 0 Å². The largest absolute Gasteiger partial charge is 0.482 e. The van der Waals surface area contributed by atoms with Crippen LogP contribution in [0.3, 0.4) is 0 Å². The van der Waals surface area contributed by atoms with Gasteiger partial charge in [-0.3, -0.25) is 19.4 Å². The van der Waals surface area contributed by atoms with E-state index in [9.17, 15) is 18.0 Å². The first-order valence-corrected chi connectivity index (χ1v) is 9.58. The highest BCUT2D eigenvalue weighted by Crippen LogP contribution is 2.26. The van der Waals surface area contributed by atoms with Crippen LogP contribution < -0.4 is 10.1 Å². The molecule has 1 atom stereocenters. The van der Waals surface area contributed by atoms with Gasteiger partial charge in [0.15, 0.2) is 6.61 Å². The number of nitrogens with one attached hydrogen (secondary N) is 1. The Morgan fingerprint density at radius 2 is 2.13 bits per heavy atom. The molecule has 166 valence electrons. The second kappa shape index (κ2) is 9.29. The number of aliphatic hydroxyl groups is 1. The summed E-state index contributed by atoms with van der Waals surface area (Å²) < 4.78 is 43.5. The number of halogens is 3. The molecule has 0 fully saturated rings. The molecule has 11 heteroatoms. The Kier molecular flexibility index (Phi) is 6.74. The molecule has 0 aliphatic heterocycles. The second-order valence-electron chi connectivity index (χ2n) is 6.99. The van der Waals surface area contributed by atoms with Gasteiger partial charge in [-0.2, -0.15) is 18.3 Å². The molecule has 0 aliphatic rings. The van der Waals surface area contributed by atoms with Gasteiger partial charge in [-0.05, 0) is 38.0 Å². The normalized spacial score (nSPS) is 12.7. The summed E-state index contributed by atoms with van der Waals surface area (Å²) in [6.45, 7) is 2.38. The summed E-state index contributed by atoms with van der Waals surface area (Å²) >= 11 is 0. The lowest BCUT2D eigenvalue weighted by molar-refractivity contribution is -0.153. The Morgan fingerprint density at radius 3 is 2.81 bits per heavy atom. The molecule has 3 heterocycles. The van der Waals surface area contributed by atoms with Gasteiger partial charge in [0.2, 0.25) is 0 Å². The molecule has 0 saturated carbocycles. The smallest absolute Gasteiger partial charge is 0.422 e. The van der Waals surface area contributed by atoms with E-state index < -0.39 is 12.8 Å². The highest BCUT2D eigenvalue weighted by atomic mass is 19.4. The number of aryl methyl sites for hydroxylation is 1. The van der Waals surface area contributed by atoms with Crippen molar-refractivity contribution in [3.8, 4) is 5.75 Å². The number of aliphatic hydroxyl groups excluding tert-OH is 1. The number of ether oxygens (including phenoxy) is 1. The van der Waals surface area contributed by atoms with Crippen molar-refractivity contribution in [2.45, 2.75) is 32.5 Å². The van der Waals surface area contributed by atoms with E-state index in [0.29, 0.717) is 35.1 Å². The summed E-state index contributed by atoms with van der Waals surface area (Å²) in [5.41, 5.74) is 1.87. The molecule has 0 radical (unpaired) electrons. The lowest BCUT2D eigenvalue weighted by Gasteiger charge is -2.15. The van der Waals surface area contributed by atoms with Gasteiger partial charge in [0.05, 0.1) is 28.8 Å². The zero-order valence-corrected chi connectivity index (χ0v) is 17.0. The van der Waals surface area contributed by atoms with Crippen molar-refractivity contribution in [3.63, 3.8) is 0 Å². The molecular weight excluding hydrogens is 415 g/mol. The molecule has 0 aliphatic carbocycles. The van der Waals surface area contributed by atoms with Crippen LogP contribution in [0.1, 0.15) is 41.1 Å². The number of fused-ring (bicyclic) bond motifs is 1. The van der Waals surface area contributed by atoms with Crippen LogP contribution in [0.5, 0.6) is 5.75 Å². The third-order valence-corrected chi connectivity index (χ3v) is 4.59. The molecule has 0 bridgehead atoms. The van der Waals surface area contributed by atoms with Crippen molar-refractivity contribution < 1.29 is 27.8 Å². The van der Waals surface area contributed by atoms with E-state index in [1.54, 1.807) is 29.9 Å². The molecule has 3 aromatic rings. The molecule has 1 amide bonds. The van der Waals surface area contributed by atoms with Crippen molar-refractivity contribution >= 4 is 16.8 Å². The maximum atomic E-state index is 12.4. The van der Waals surface area contributed by atoms with Crippen LogP contribution in [0.4, 0.5) is 13.2 Å². The molecule has 1 unspecified atom stereocenters. The minimum Gasteiger partial charge on any atom is -0.482 e. The van der Waals surface area contributed by atoms with Gasteiger partial charge in [0.25, 0.3) is 5.91 Å². The van der Waals surface area contributed by atoms with Crippen LogP contribution in [-0.4, -0.2) is 56.7 Å². The van der Waals surface area contributed by atoms with Gasteiger partial charge in [0.1, 0.15) is 11.4 Å². The molecule has 3 rings (SSSR count). The lowest BCUT2D eigenvalue weighted by atomic mass is 10.1. The Bertz CT molecular complexity index is 1070. The number of alkyl halides is 3. The summed E-state index contributed by atoms with van der Waals surface area (Å²) in [5.74, 6) is -0.309. The van der Waals surface area contributed by atoms with Gasteiger partial charge in [-0.25, -0.2) is 0 Å². The number of amides is 1. The van der Waals surface area contributed by atoms with Crippen LogP contribution in [0.15, 0.2) is 30.7 Å². The summed E-state index contributed by atoms with van der Waals surface area (Å²) in [6, 6.07) is 2.97. The molecule has 2 N–H and O–H groups in total. The summed E-state index contributed by atoms with van der Waals surface area (Å²) in [4.78, 5) is 20.8. The first-order valence-electron chi connectivity index (χ1n) is 9.58. The molecule has 0 saturated heterocycles. The fraction of sp³-hybridized carbons (Fsp3) is 0.400. The number of hydrogen-bond donors (Lipinski definition) is 2. The topological polar surface area (TPSA) is 102 Å². The number of carbonyl (C=O) groups is 1. The third kappa shape index (κ3) is 5.48. The number of aromatic nitrogens is 4. The van der Waals surface area contributed by atoms with Gasteiger partial charge in [0, 0.05) is 25.5 Å². The van der Waals surface area contributed by atoms with E-state index in [1.807, 2.05) is 6.92 Å². The maximum absolute atomic E-state index is 12.4. The highest BCUT2D eigenvalue weighted by molar-refractivity contribution is 6.04. The van der Waals surface area contributed by atoms with Gasteiger partial charge in [-0.15, -0.1) is 0 Å². The SMILES string of the molecule is Cc1cc(C(C)n2cc3c(C(=O)NCCCO)nccc3n2)ncc1OCC(F)(F)F. The van der Waals surface area contributed by atoms with Crippen LogP contribution >= 0.6 is 0 Å². The molecule has 3 aromatic heterocycles. The molecule has 8 nitrogen and oxygen atoms in total. The van der Waals surface area contributed by atoms with Crippen LogP contribution in [0, 0.1) is 6.92 Å². The third-order valence-electron chi connectivity index (χ3n) is 4.59. The average Bonchev–Trinajstić information content (AvgIpc) is 3.16. The predicted octanol–water partition coefficient (Wildman–Crippen LogP) is 2.80. The number of carbonyl (C=O) groups excluding carboxylic acids is 1. The van der Waals surface area contributed by atoms with E-state index in [2.05, 4.69) is 20.4 Å². The summed E-state index contributed by atoms with van der Waals surface area (Å²) in [6.07, 6.45) is 0.437. The van der Waals surface area contributed by atoms with E-state index in [1.165, 1.54) is 12.4 Å². The molecular formula is C20H22F3N5O3. The molecule has 31 heavy (non-hydrogen) atoms. The van der Waals surface area contributed by atoms with Gasteiger partial charge < -0.3 is 15.2 Å². The Labute approximate surface area is 176 Å². The minimum absolute atomic E-state index is 0.0280. The average molecular weight is 437 g/mol. The highest BCUT2D eigenvalue weighted by Gasteiger charge is 2.29. The Morgan fingerprint density at radius 1 is 1.35 bits per heavy atom. The van der Waals surface area contributed by atoms with E-state index in [-0.39, 0.29) is 30.0 Å². The number of rotatable bonds is 8. The number of hydrogen-bond acceptors (Lipinski definition) is 6. The maximum Gasteiger partial charge on any atom is 0.422 e.